The quantitative estimate of drug-likeness (QED) is 0.148. The molecule has 5 aromatic rings. The number of amides is 2. The maximum atomic E-state index is 12.7. The average Bonchev–Trinajstić information content (AvgIpc) is 3.66. The largest absolute Gasteiger partial charge is 0.387 e. The van der Waals surface area contributed by atoms with Gasteiger partial charge in [0.05, 0.1) is 12.9 Å². The van der Waals surface area contributed by atoms with Gasteiger partial charge in [0.2, 0.25) is 17.8 Å². The number of hydrogen-bond donors (Lipinski definition) is 4. The first-order valence-corrected chi connectivity index (χ1v) is 16.3. The van der Waals surface area contributed by atoms with E-state index in [2.05, 4.69) is 25.6 Å². The normalized spacial score (nSPS) is 19.4. The van der Waals surface area contributed by atoms with Gasteiger partial charge < -0.3 is 25.0 Å². The molecular weight excluding hydrogens is 624 g/mol. The van der Waals surface area contributed by atoms with Crippen LogP contribution in [0.4, 0.5) is 11.8 Å². The van der Waals surface area contributed by atoms with E-state index in [0.717, 1.165) is 16.7 Å². The molecule has 12 heteroatoms. The van der Waals surface area contributed by atoms with Crippen molar-refractivity contribution in [3.8, 4) is 0 Å². The molecule has 0 saturated carbocycles. The summed E-state index contributed by atoms with van der Waals surface area (Å²) in [5, 5.41) is 28.1. The number of carbonyl (C=O) groups excluding carboxylic acids is 2. The lowest BCUT2D eigenvalue weighted by Gasteiger charge is -2.37. The molecule has 0 unspecified atom stereocenters. The summed E-state index contributed by atoms with van der Waals surface area (Å²) in [7, 11) is 0. The van der Waals surface area contributed by atoms with E-state index in [1.807, 2.05) is 91.0 Å². The summed E-state index contributed by atoms with van der Waals surface area (Å²) in [5.74, 6) is -1.31. The topological polar surface area (TPSA) is 161 Å². The van der Waals surface area contributed by atoms with E-state index in [1.54, 1.807) is 27.7 Å². The fourth-order valence-corrected chi connectivity index (χ4v) is 5.83. The Hall–Kier alpha value is -5.01. The van der Waals surface area contributed by atoms with Gasteiger partial charge in [0.25, 0.3) is 0 Å². The first-order valence-electron chi connectivity index (χ1n) is 16.3. The van der Waals surface area contributed by atoms with Crippen LogP contribution in [0.2, 0.25) is 0 Å². The van der Waals surface area contributed by atoms with E-state index in [4.69, 9.17) is 9.47 Å². The van der Waals surface area contributed by atoms with Crippen LogP contribution < -0.4 is 10.6 Å². The molecule has 3 heterocycles. The summed E-state index contributed by atoms with van der Waals surface area (Å²) in [6.45, 7) is 6.84. The number of hydrogen-bond acceptors (Lipinski definition) is 9. The number of benzene rings is 3. The van der Waals surface area contributed by atoms with E-state index in [0.29, 0.717) is 0 Å². The lowest BCUT2D eigenvalue weighted by Crippen LogP contribution is -2.39. The van der Waals surface area contributed by atoms with Crippen LogP contribution in [0.25, 0.3) is 11.2 Å². The summed E-state index contributed by atoms with van der Waals surface area (Å²) in [5.41, 5.74) is 1.96. The number of rotatable bonds is 11. The minimum Gasteiger partial charge on any atom is -0.387 e. The highest BCUT2D eigenvalue weighted by molar-refractivity contribution is 5.99. The van der Waals surface area contributed by atoms with Gasteiger partial charge >= 0.3 is 0 Å². The van der Waals surface area contributed by atoms with Crippen molar-refractivity contribution < 1.29 is 29.3 Å². The van der Waals surface area contributed by atoms with Gasteiger partial charge in [-0.15, -0.1) is 0 Å². The van der Waals surface area contributed by atoms with Gasteiger partial charge in [-0.05, 0) is 16.7 Å². The second-order valence-electron chi connectivity index (χ2n) is 12.6. The third-order valence-electron chi connectivity index (χ3n) is 8.56. The van der Waals surface area contributed by atoms with Crippen molar-refractivity contribution in [2.24, 2.45) is 11.8 Å². The fourth-order valence-electron chi connectivity index (χ4n) is 5.83. The molecule has 1 aliphatic heterocycles. The molecule has 4 atom stereocenters. The van der Waals surface area contributed by atoms with E-state index in [9.17, 15) is 19.8 Å². The summed E-state index contributed by atoms with van der Waals surface area (Å²) in [6, 6.07) is 29.4. The molecule has 12 nitrogen and oxygen atoms in total. The number of aromatic nitrogens is 4. The minimum atomic E-state index is -1.40. The minimum absolute atomic E-state index is 0.0571. The van der Waals surface area contributed by atoms with E-state index in [-0.39, 0.29) is 53.2 Å². The third-order valence-corrected chi connectivity index (χ3v) is 8.56. The molecule has 254 valence electrons. The molecular formula is C37H40N6O6. The summed E-state index contributed by atoms with van der Waals surface area (Å²) < 4.78 is 14.7. The zero-order chi connectivity index (χ0) is 34.7. The third kappa shape index (κ3) is 6.68. The zero-order valence-electron chi connectivity index (χ0n) is 27.7. The highest BCUT2D eigenvalue weighted by Crippen LogP contribution is 2.42. The molecule has 0 aliphatic carbocycles. The first kappa shape index (κ1) is 33.9. The lowest BCUT2D eigenvalue weighted by molar-refractivity contribution is -0.119. The molecule has 49 heavy (non-hydrogen) atoms. The molecule has 3 aromatic carbocycles. The second-order valence-corrected chi connectivity index (χ2v) is 12.6. The number of ether oxygens (including phenoxy) is 2. The van der Waals surface area contributed by atoms with Gasteiger partial charge in [-0.2, -0.15) is 9.97 Å². The fraction of sp³-hybridized carbons (Fsp3) is 0.324. The van der Waals surface area contributed by atoms with Crippen molar-refractivity contribution >= 4 is 34.7 Å². The van der Waals surface area contributed by atoms with Crippen LogP contribution >= 0.6 is 0 Å². The lowest BCUT2D eigenvalue weighted by atomic mass is 9.80. The number of fused-ring (bicyclic) bond motifs is 1. The Kier molecular flexibility index (Phi) is 9.84. The Bertz CT molecular complexity index is 1800. The smallest absolute Gasteiger partial charge is 0.233 e. The molecule has 4 N–H and O–H groups in total. The van der Waals surface area contributed by atoms with Gasteiger partial charge in [-0.1, -0.05) is 119 Å². The van der Waals surface area contributed by atoms with Crippen LogP contribution in [-0.2, 0) is 24.7 Å². The average molecular weight is 665 g/mol. The molecule has 1 aliphatic rings. The molecule has 6 rings (SSSR count). The van der Waals surface area contributed by atoms with Crippen molar-refractivity contribution in [3.05, 3.63) is 114 Å². The molecule has 2 amide bonds. The van der Waals surface area contributed by atoms with Crippen molar-refractivity contribution in [2.75, 3.05) is 17.2 Å². The van der Waals surface area contributed by atoms with Crippen LogP contribution in [0, 0.1) is 11.8 Å². The standard InChI is InChI=1S/C37H40N6O6/c1-22(2)33(46)39-31-28-32(41-36(40-31)42-34(47)23(3)4)43(21-38-28)35-30(45)29(44)27(49-35)20-48-37(24-14-8-5-9-15-24,25-16-10-6-11-17-25)26-18-12-7-13-19-26/h5-19,21-23,27,29-30,35,44-45H,20H2,1-4H3,(H2,39,40,41,42,46,47)/t27-,29-,30-,35-/m1/s1. The maximum absolute atomic E-state index is 12.7. The van der Waals surface area contributed by atoms with Crippen LogP contribution in [-0.4, -0.2) is 66.5 Å². The Morgan fingerprint density at radius 1 is 0.796 bits per heavy atom. The van der Waals surface area contributed by atoms with Gasteiger partial charge in [0, 0.05) is 11.8 Å². The SMILES string of the molecule is CC(C)C(=O)Nc1nc(NC(=O)C(C)C)c2ncn([C@@H]3O[C@H](COC(c4ccccc4)(c4ccccc4)c4ccccc4)[C@@H](O)[C@H]3O)c2n1. The summed E-state index contributed by atoms with van der Waals surface area (Å²) in [4.78, 5) is 38.5. The van der Waals surface area contributed by atoms with Gasteiger partial charge in [0.1, 0.15) is 23.9 Å². The molecule has 1 saturated heterocycles. The number of anilines is 2. The number of imidazole rings is 1. The van der Waals surface area contributed by atoms with E-state index in [1.165, 1.54) is 10.9 Å². The van der Waals surface area contributed by atoms with Crippen molar-refractivity contribution in [1.82, 2.24) is 19.5 Å². The molecule has 0 spiro atoms. The van der Waals surface area contributed by atoms with E-state index < -0.39 is 30.1 Å². The number of aliphatic hydroxyl groups is 2. The maximum Gasteiger partial charge on any atom is 0.233 e. The predicted molar refractivity (Wildman–Crippen MR) is 183 cm³/mol. The monoisotopic (exact) mass is 664 g/mol. The van der Waals surface area contributed by atoms with Crippen LogP contribution in [0.15, 0.2) is 97.3 Å². The second kappa shape index (κ2) is 14.2. The molecule has 1 fully saturated rings. The predicted octanol–water partition coefficient (Wildman–Crippen LogP) is 4.64. The summed E-state index contributed by atoms with van der Waals surface area (Å²) in [6.07, 6.45) is -3.45. The van der Waals surface area contributed by atoms with Crippen molar-refractivity contribution in [1.29, 1.82) is 0 Å². The summed E-state index contributed by atoms with van der Waals surface area (Å²) >= 11 is 0. The first-order chi connectivity index (χ1) is 23.6. The Morgan fingerprint density at radius 2 is 1.31 bits per heavy atom. The van der Waals surface area contributed by atoms with E-state index >= 15 is 0 Å². The Labute approximate surface area is 284 Å². The van der Waals surface area contributed by atoms with Gasteiger partial charge in [0.15, 0.2) is 23.2 Å². The van der Waals surface area contributed by atoms with Crippen LogP contribution in [0.3, 0.4) is 0 Å². The van der Waals surface area contributed by atoms with Crippen molar-refractivity contribution in [2.45, 2.75) is 57.8 Å². The molecule has 2 aromatic heterocycles. The zero-order valence-corrected chi connectivity index (χ0v) is 27.7. The number of carbonyl (C=O) groups is 2. The van der Waals surface area contributed by atoms with Crippen LogP contribution in [0.5, 0.6) is 0 Å². The number of aliphatic hydroxyl groups excluding tert-OH is 2. The molecule has 0 radical (unpaired) electrons. The van der Waals surface area contributed by atoms with Crippen molar-refractivity contribution in [3.63, 3.8) is 0 Å². The molecule has 0 bridgehead atoms. The van der Waals surface area contributed by atoms with Gasteiger partial charge in [-0.25, -0.2) is 4.98 Å². The number of nitrogens with zero attached hydrogens (tertiary/aromatic N) is 4. The number of nitrogens with one attached hydrogen (secondary N) is 2. The highest BCUT2D eigenvalue weighted by Gasteiger charge is 2.47. The van der Waals surface area contributed by atoms with Gasteiger partial charge in [-0.3, -0.25) is 19.5 Å². The Balaban J connectivity index is 1.35. The highest BCUT2D eigenvalue weighted by atomic mass is 16.6. The van der Waals surface area contributed by atoms with Crippen LogP contribution in [0.1, 0.15) is 50.6 Å². The Morgan fingerprint density at radius 3 is 1.82 bits per heavy atom.